The molecule has 2 rings (SSSR count). The normalized spacial score (nSPS) is 10.5. The molecule has 0 radical (unpaired) electrons. The van der Waals surface area contributed by atoms with Crippen LogP contribution in [-0.4, -0.2) is 36.8 Å². The number of amides is 1. The summed E-state index contributed by atoms with van der Waals surface area (Å²) in [4.78, 5) is 23.6. The first kappa shape index (κ1) is 19.0. The number of hydrogen-bond donors (Lipinski definition) is 2. The number of carbonyl (C=O) groups excluding carboxylic acids is 1. The third-order valence-electron chi connectivity index (χ3n) is 3.39. The number of aryl methyl sites for hydroxylation is 1. The quantitative estimate of drug-likeness (QED) is 0.669. The van der Waals surface area contributed by atoms with Crippen LogP contribution in [0.3, 0.4) is 0 Å². The molecule has 0 spiro atoms. The van der Waals surface area contributed by atoms with Crippen molar-refractivity contribution in [3.63, 3.8) is 0 Å². The second-order valence-electron chi connectivity index (χ2n) is 5.31. The van der Waals surface area contributed by atoms with Gasteiger partial charge in [-0.05, 0) is 37.6 Å². The zero-order valence-electron chi connectivity index (χ0n) is 14.2. The van der Waals surface area contributed by atoms with Crippen LogP contribution in [0.25, 0.3) is 0 Å². The third-order valence-corrected chi connectivity index (χ3v) is 4.46. The van der Waals surface area contributed by atoms with Gasteiger partial charge in [-0.1, -0.05) is 12.1 Å². The van der Waals surface area contributed by atoms with E-state index in [0.29, 0.717) is 37.0 Å². The molecule has 1 amide bonds. The van der Waals surface area contributed by atoms with E-state index in [2.05, 4.69) is 5.32 Å². The van der Waals surface area contributed by atoms with E-state index in [1.54, 1.807) is 0 Å². The predicted molar refractivity (Wildman–Crippen MR) is 95.6 cm³/mol. The van der Waals surface area contributed by atoms with Crippen LogP contribution in [0.1, 0.15) is 37.4 Å². The minimum Gasteiger partial charge on any atom is -0.491 e. The maximum absolute atomic E-state index is 12.2. The van der Waals surface area contributed by atoms with Crippen molar-refractivity contribution in [3.05, 3.63) is 51.2 Å². The van der Waals surface area contributed by atoms with E-state index in [4.69, 9.17) is 14.6 Å². The lowest BCUT2D eigenvalue weighted by atomic mass is 10.1. The molecule has 0 bridgehead atoms. The van der Waals surface area contributed by atoms with Crippen LogP contribution < -0.4 is 10.1 Å². The predicted octanol–water partition coefficient (Wildman–Crippen LogP) is 3.10. The molecule has 0 aliphatic carbocycles. The molecule has 6 nitrogen and oxygen atoms in total. The average molecular weight is 363 g/mol. The number of rotatable bonds is 9. The van der Waals surface area contributed by atoms with Gasteiger partial charge in [-0.3, -0.25) is 4.79 Å². The molecule has 0 saturated heterocycles. The highest BCUT2D eigenvalue weighted by Gasteiger charge is 2.13. The summed E-state index contributed by atoms with van der Waals surface area (Å²) in [5, 5.41) is 11.7. The lowest BCUT2D eigenvalue weighted by Crippen LogP contribution is -2.22. The van der Waals surface area contributed by atoms with Gasteiger partial charge in [0.2, 0.25) is 0 Å². The summed E-state index contributed by atoms with van der Waals surface area (Å²) >= 11 is 0.951. The summed E-state index contributed by atoms with van der Waals surface area (Å²) in [6, 6.07) is 8.71. The van der Waals surface area contributed by atoms with Crippen molar-refractivity contribution in [2.45, 2.75) is 20.4 Å². The highest BCUT2D eigenvalue weighted by molar-refractivity contribution is 7.15. The Morgan fingerprint density at radius 2 is 1.92 bits per heavy atom. The fraction of sp³-hybridized carbons (Fsp3) is 0.333. The molecule has 1 aromatic carbocycles. The minimum atomic E-state index is -1.03. The molecule has 134 valence electrons. The Labute approximate surface area is 150 Å². The number of hydrogen-bond acceptors (Lipinski definition) is 5. The standard InChI is InChI=1S/C18H21NO5S/c1-3-23-8-9-24-14-10-12(2)4-5-13(14)11-19-17(20)15-6-7-16(25-15)18(21)22/h4-7,10H,3,8-9,11H2,1-2H3,(H,19,20)(H,21,22). The number of ether oxygens (including phenoxy) is 2. The summed E-state index contributed by atoms with van der Waals surface area (Å²) in [5.74, 6) is -0.636. The van der Waals surface area contributed by atoms with Crippen molar-refractivity contribution in [1.82, 2.24) is 5.32 Å². The Hall–Kier alpha value is -2.38. The van der Waals surface area contributed by atoms with Gasteiger partial charge in [0.25, 0.3) is 5.91 Å². The van der Waals surface area contributed by atoms with Crippen LogP contribution >= 0.6 is 11.3 Å². The molecule has 1 heterocycles. The van der Waals surface area contributed by atoms with Crippen molar-refractivity contribution in [2.75, 3.05) is 19.8 Å². The van der Waals surface area contributed by atoms with Crippen LogP contribution in [-0.2, 0) is 11.3 Å². The number of carboxylic acid groups (broad SMARTS) is 1. The molecular formula is C18H21NO5S. The lowest BCUT2D eigenvalue weighted by molar-refractivity contribution is 0.0702. The van der Waals surface area contributed by atoms with E-state index in [-0.39, 0.29) is 10.8 Å². The summed E-state index contributed by atoms with van der Waals surface area (Å²) in [5.41, 5.74) is 1.91. The highest BCUT2D eigenvalue weighted by atomic mass is 32.1. The molecular weight excluding hydrogens is 342 g/mol. The van der Waals surface area contributed by atoms with Crippen molar-refractivity contribution < 1.29 is 24.2 Å². The van der Waals surface area contributed by atoms with Gasteiger partial charge in [-0.2, -0.15) is 0 Å². The van der Waals surface area contributed by atoms with Crippen molar-refractivity contribution in [3.8, 4) is 5.75 Å². The van der Waals surface area contributed by atoms with E-state index >= 15 is 0 Å². The summed E-state index contributed by atoms with van der Waals surface area (Å²) in [6.45, 7) is 5.77. The summed E-state index contributed by atoms with van der Waals surface area (Å²) < 4.78 is 11.0. The third kappa shape index (κ3) is 5.58. The van der Waals surface area contributed by atoms with E-state index in [9.17, 15) is 9.59 Å². The zero-order chi connectivity index (χ0) is 18.2. The molecule has 0 aliphatic heterocycles. The molecule has 0 fully saturated rings. The van der Waals surface area contributed by atoms with Gasteiger partial charge in [-0.15, -0.1) is 11.3 Å². The first-order valence-electron chi connectivity index (χ1n) is 7.92. The second-order valence-corrected chi connectivity index (χ2v) is 6.39. The summed E-state index contributed by atoms with van der Waals surface area (Å²) in [6.07, 6.45) is 0. The second kappa shape index (κ2) is 9.19. The number of benzene rings is 1. The highest BCUT2D eigenvalue weighted by Crippen LogP contribution is 2.21. The Bertz CT molecular complexity index is 741. The van der Waals surface area contributed by atoms with Gasteiger partial charge < -0.3 is 19.9 Å². The maximum atomic E-state index is 12.2. The molecule has 1 aromatic heterocycles. The Balaban J connectivity index is 1.98. The van der Waals surface area contributed by atoms with Crippen LogP contribution in [0.2, 0.25) is 0 Å². The number of carboxylic acids is 1. The van der Waals surface area contributed by atoms with E-state index in [0.717, 1.165) is 22.5 Å². The molecule has 25 heavy (non-hydrogen) atoms. The molecule has 2 N–H and O–H groups in total. The van der Waals surface area contributed by atoms with Gasteiger partial charge in [0.1, 0.15) is 17.2 Å². The number of aromatic carboxylic acids is 1. The topological polar surface area (TPSA) is 84.9 Å². The minimum absolute atomic E-state index is 0.139. The molecule has 0 aliphatic rings. The maximum Gasteiger partial charge on any atom is 0.345 e. The van der Waals surface area contributed by atoms with Gasteiger partial charge in [0.15, 0.2) is 0 Å². The summed E-state index contributed by atoms with van der Waals surface area (Å²) in [7, 11) is 0. The van der Waals surface area contributed by atoms with Crippen molar-refractivity contribution in [1.29, 1.82) is 0 Å². The monoisotopic (exact) mass is 363 g/mol. The number of nitrogens with one attached hydrogen (secondary N) is 1. The SMILES string of the molecule is CCOCCOc1cc(C)ccc1CNC(=O)c1ccc(C(=O)O)s1. The molecule has 0 unspecified atom stereocenters. The van der Waals surface area contributed by atoms with Gasteiger partial charge in [0.05, 0.1) is 11.5 Å². The Morgan fingerprint density at radius 3 is 2.60 bits per heavy atom. The van der Waals surface area contributed by atoms with Crippen LogP contribution in [0.4, 0.5) is 0 Å². The van der Waals surface area contributed by atoms with Gasteiger partial charge >= 0.3 is 5.97 Å². The smallest absolute Gasteiger partial charge is 0.345 e. The molecule has 2 aromatic rings. The first-order chi connectivity index (χ1) is 12.0. The van der Waals surface area contributed by atoms with E-state index in [1.807, 2.05) is 32.0 Å². The molecule has 0 saturated carbocycles. The fourth-order valence-corrected chi connectivity index (χ4v) is 2.90. The largest absolute Gasteiger partial charge is 0.491 e. The van der Waals surface area contributed by atoms with Crippen LogP contribution in [0.5, 0.6) is 5.75 Å². The average Bonchev–Trinajstić information content (AvgIpc) is 3.08. The molecule has 7 heteroatoms. The van der Waals surface area contributed by atoms with E-state index < -0.39 is 5.97 Å². The van der Waals surface area contributed by atoms with Crippen LogP contribution in [0, 0.1) is 6.92 Å². The van der Waals surface area contributed by atoms with Crippen molar-refractivity contribution >= 4 is 23.2 Å². The van der Waals surface area contributed by atoms with Gasteiger partial charge in [-0.25, -0.2) is 4.79 Å². The Morgan fingerprint density at radius 1 is 1.16 bits per heavy atom. The number of carbonyl (C=O) groups is 2. The van der Waals surface area contributed by atoms with Gasteiger partial charge in [0, 0.05) is 18.7 Å². The van der Waals surface area contributed by atoms with Crippen molar-refractivity contribution in [2.24, 2.45) is 0 Å². The van der Waals surface area contributed by atoms with E-state index in [1.165, 1.54) is 12.1 Å². The van der Waals surface area contributed by atoms with Crippen LogP contribution in [0.15, 0.2) is 30.3 Å². The molecule has 0 atom stereocenters. The number of thiophene rings is 1. The zero-order valence-corrected chi connectivity index (χ0v) is 15.0. The lowest BCUT2D eigenvalue weighted by Gasteiger charge is -2.13. The first-order valence-corrected chi connectivity index (χ1v) is 8.74. The Kier molecular flexibility index (Phi) is 6.97. The fourth-order valence-electron chi connectivity index (χ4n) is 2.13.